The van der Waals surface area contributed by atoms with Crippen LogP contribution < -0.4 is 5.73 Å². The molecule has 3 rings (SSSR count). The van der Waals surface area contributed by atoms with Crippen molar-refractivity contribution in [2.45, 2.75) is 26.4 Å². The number of nitrogens with zero attached hydrogens (tertiary/aromatic N) is 2. The van der Waals surface area contributed by atoms with E-state index in [1.54, 1.807) is 0 Å². The molecule has 1 aromatic heterocycles. The summed E-state index contributed by atoms with van der Waals surface area (Å²) in [6.07, 6.45) is 2.85. The average Bonchev–Trinajstić information content (AvgIpc) is 2.91. The Bertz CT molecular complexity index is 589. The Labute approximate surface area is 119 Å². The molecule has 0 amide bonds. The van der Waals surface area contributed by atoms with Gasteiger partial charge in [0.05, 0.1) is 30.3 Å². The van der Waals surface area contributed by atoms with Crippen LogP contribution in [-0.2, 0) is 11.2 Å². The van der Waals surface area contributed by atoms with Crippen LogP contribution in [0.25, 0.3) is 5.69 Å². The average molecular weight is 271 g/mol. The molecular formula is C16H21N3O. The Morgan fingerprint density at radius 2 is 2.10 bits per heavy atom. The van der Waals surface area contributed by atoms with E-state index in [0.717, 1.165) is 18.7 Å². The summed E-state index contributed by atoms with van der Waals surface area (Å²) in [4.78, 5) is 0. The van der Waals surface area contributed by atoms with Gasteiger partial charge in [-0.2, -0.15) is 5.10 Å². The number of hydrogen-bond donors (Lipinski definition) is 1. The van der Waals surface area contributed by atoms with Crippen molar-refractivity contribution in [3.63, 3.8) is 0 Å². The molecule has 4 nitrogen and oxygen atoms in total. The highest BCUT2D eigenvalue weighted by Gasteiger charge is 2.36. The van der Waals surface area contributed by atoms with Crippen molar-refractivity contribution < 1.29 is 4.74 Å². The molecule has 0 saturated carbocycles. The van der Waals surface area contributed by atoms with Crippen molar-refractivity contribution in [1.29, 1.82) is 0 Å². The second kappa shape index (κ2) is 5.04. The third-order valence-corrected chi connectivity index (χ3v) is 4.04. The Balaban J connectivity index is 2.04. The van der Waals surface area contributed by atoms with Crippen LogP contribution in [-0.4, -0.2) is 22.9 Å². The summed E-state index contributed by atoms with van der Waals surface area (Å²) in [5.41, 5.74) is 9.34. The molecule has 1 unspecified atom stereocenters. The molecule has 0 fully saturated rings. The molecule has 0 radical (unpaired) electrons. The topological polar surface area (TPSA) is 53.1 Å². The molecule has 1 aromatic carbocycles. The van der Waals surface area contributed by atoms with Gasteiger partial charge in [-0.25, -0.2) is 4.68 Å². The van der Waals surface area contributed by atoms with Gasteiger partial charge in [0.25, 0.3) is 0 Å². The number of nitrogens with two attached hydrogens (primary N) is 1. The van der Waals surface area contributed by atoms with E-state index in [4.69, 9.17) is 10.5 Å². The van der Waals surface area contributed by atoms with Gasteiger partial charge in [0.1, 0.15) is 0 Å². The number of ether oxygens (including phenoxy) is 1. The second-order valence-electron chi connectivity index (χ2n) is 5.99. The summed E-state index contributed by atoms with van der Waals surface area (Å²) in [5, 5.41) is 4.56. The van der Waals surface area contributed by atoms with E-state index in [-0.39, 0.29) is 11.5 Å². The van der Waals surface area contributed by atoms with Crippen LogP contribution in [0, 0.1) is 5.41 Å². The minimum atomic E-state index is -0.0836. The predicted molar refractivity (Wildman–Crippen MR) is 78.8 cm³/mol. The fourth-order valence-electron chi connectivity index (χ4n) is 2.76. The standard InChI is InChI=1S/C16H21N3O/c1-16(2,11-17)15-13-10-18-19(14(13)8-9-20-15)12-6-4-3-5-7-12/h3-7,10,15H,8-9,11,17H2,1-2H3. The monoisotopic (exact) mass is 271 g/mol. The third-order valence-electron chi connectivity index (χ3n) is 4.04. The van der Waals surface area contributed by atoms with Crippen molar-refractivity contribution in [2.24, 2.45) is 11.1 Å². The van der Waals surface area contributed by atoms with Crippen LogP contribution in [0.4, 0.5) is 0 Å². The molecule has 2 N–H and O–H groups in total. The summed E-state index contributed by atoms with van der Waals surface area (Å²) in [6.45, 7) is 5.60. The summed E-state index contributed by atoms with van der Waals surface area (Å²) in [7, 11) is 0. The SMILES string of the molecule is CC(C)(CN)C1OCCc2c1cnn2-c1ccccc1. The second-order valence-corrected chi connectivity index (χ2v) is 5.99. The maximum absolute atomic E-state index is 5.98. The summed E-state index contributed by atoms with van der Waals surface area (Å²) >= 11 is 0. The first kappa shape index (κ1) is 13.3. The zero-order valence-electron chi connectivity index (χ0n) is 12.0. The zero-order chi connectivity index (χ0) is 14.2. The van der Waals surface area contributed by atoms with Crippen molar-refractivity contribution in [1.82, 2.24) is 9.78 Å². The van der Waals surface area contributed by atoms with Gasteiger partial charge in [-0.1, -0.05) is 32.0 Å². The normalized spacial score (nSPS) is 18.9. The first-order valence-corrected chi connectivity index (χ1v) is 7.07. The molecule has 1 aliphatic rings. The maximum atomic E-state index is 5.98. The highest BCUT2D eigenvalue weighted by molar-refractivity contribution is 5.37. The van der Waals surface area contributed by atoms with Crippen LogP contribution in [0.3, 0.4) is 0 Å². The molecule has 1 aliphatic heterocycles. The molecule has 4 heteroatoms. The van der Waals surface area contributed by atoms with Crippen molar-refractivity contribution in [2.75, 3.05) is 13.2 Å². The Kier molecular flexibility index (Phi) is 3.36. The molecule has 0 saturated heterocycles. The fourth-order valence-corrected chi connectivity index (χ4v) is 2.76. The van der Waals surface area contributed by atoms with Crippen molar-refractivity contribution in [3.05, 3.63) is 47.8 Å². The van der Waals surface area contributed by atoms with Crippen molar-refractivity contribution >= 4 is 0 Å². The first-order valence-electron chi connectivity index (χ1n) is 7.07. The summed E-state index contributed by atoms with van der Waals surface area (Å²) in [6, 6.07) is 10.2. The van der Waals surface area contributed by atoms with E-state index in [2.05, 4.69) is 31.1 Å². The molecule has 0 spiro atoms. The number of aromatic nitrogens is 2. The van der Waals surface area contributed by atoms with Crippen LogP contribution in [0.5, 0.6) is 0 Å². The Morgan fingerprint density at radius 1 is 1.35 bits per heavy atom. The number of hydrogen-bond acceptors (Lipinski definition) is 3. The minimum absolute atomic E-state index is 0.0220. The zero-order valence-corrected chi connectivity index (χ0v) is 12.0. The third kappa shape index (κ3) is 2.15. The van der Waals surface area contributed by atoms with E-state index in [0.29, 0.717) is 6.54 Å². The molecule has 0 bridgehead atoms. The van der Waals surface area contributed by atoms with Gasteiger partial charge < -0.3 is 10.5 Å². The maximum Gasteiger partial charge on any atom is 0.0921 e. The number of benzene rings is 1. The van der Waals surface area contributed by atoms with Gasteiger partial charge in [-0.3, -0.25) is 0 Å². The molecule has 0 aliphatic carbocycles. The summed E-state index contributed by atoms with van der Waals surface area (Å²) in [5.74, 6) is 0. The van der Waals surface area contributed by atoms with E-state index >= 15 is 0 Å². The van der Waals surface area contributed by atoms with Gasteiger partial charge in [0, 0.05) is 23.9 Å². The minimum Gasteiger partial charge on any atom is -0.372 e. The Morgan fingerprint density at radius 3 is 2.80 bits per heavy atom. The van der Waals surface area contributed by atoms with Crippen molar-refractivity contribution in [3.8, 4) is 5.69 Å². The fraction of sp³-hybridized carbons (Fsp3) is 0.438. The molecule has 1 atom stereocenters. The highest BCUT2D eigenvalue weighted by atomic mass is 16.5. The Hall–Kier alpha value is -1.65. The number of rotatable bonds is 3. The molecule has 2 aromatic rings. The van der Waals surface area contributed by atoms with Gasteiger partial charge >= 0.3 is 0 Å². The van der Waals surface area contributed by atoms with E-state index in [1.165, 1.54) is 11.3 Å². The van der Waals surface area contributed by atoms with Gasteiger partial charge in [-0.05, 0) is 12.1 Å². The largest absolute Gasteiger partial charge is 0.372 e. The van der Waals surface area contributed by atoms with Crippen LogP contribution in [0.1, 0.15) is 31.2 Å². The molecule has 20 heavy (non-hydrogen) atoms. The van der Waals surface area contributed by atoms with Gasteiger partial charge in [0.2, 0.25) is 0 Å². The lowest BCUT2D eigenvalue weighted by atomic mass is 9.81. The lowest BCUT2D eigenvalue weighted by Gasteiger charge is -2.35. The van der Waals surface area contributed by atoms with Crippen LogP contribution in [0.2, 0.25) is 0 Å². The highest BCUT2D eigenvalue weighted by Crippen LogP contribution is 2.40. The van der Waals surface area contributed by atoms with E-state index < -0.39 is 0 Å². The van der Waals surface area contributed by atoms with Gasteiger partial charge in [-0.15, -0.1) is 0 Å². The van der Waals surface area contributed by atoms with Crippen LogP contribution in [0.15, 0.2) is 36.5 Å². The number of para-hydroxylation sites is 1. The quantitative estimate of drug-likeness (QED) is 0.933. The van der Waals surface area contributed by atoms with Crippen LogP contribution >= 0.6 is 0 Å². The van der Waals surface area contributed by atoms with E-state index in [9.17, 15) is 0 Å². The van der Waals surface area contributed by atoms with E-state index in [1.807, 2.05) is 29.1 Å². The lowest BCUT2D eigenvalue weighted by molar-refractivity contribution is -0.0331. The lowest BCUT2D eigenvalue weighted by Crippen LogP contribution is -2.35. The smallest absolute Gasteiger partial charge is 0.0921 e. The number of fused-ring (bicyclic) bond motifs is 1. The first-order chi connectivity index (χ1) is 9.63. The molecular weight excluding hydrogens is 250 g/mol. The predicted octanol–water partition coefficient (Wildman–Crippen LogP) is 2.47. The molecule has 2 heterocycles. The summed E-state index contributed by atoms with van der Waals surface area (Å²) < 4.78 is 8.00. The van der Waals surface area contributed by atoms with Gasteiger partial charge in [0.15, 0.2) is 0 Å². The molecule has 106 valence electrons.